The summed E-state index contributed by atoms with van der Waals surface area (Å²) in [5.74, 6) is 1.96. The molecule has 0 unspecified atom stereocenters. The molecule has 1 aliphatic heterocycles. The van der Waals surface area contributed by atoms with Crippen molar-refractivity contribution in [2.45, 2.75) is 33.7 Å². The molecule has 3 aromatic rings. The van der Waals surface area contributed by atoms with Crippen molar-refractivity contribution in [1.82, 2.24) is 14.8 Å². The summed E-state index contributed by atoms with van der Waals surface area (Å²) in [7, 11) is 1.99. The first-order valence-corrected chi connectivity index (χ1v) is 10.7. The number of fused-ring (bicyclic) bond motifs is 2. The maximum absolute atomic E-state index is 13.2. The van der Waals surface area contributed by atoms with Gasteiger partial charge in [0.1, 0.15) is 5.82 Å². The number of thioether (sulfide) groups is 1. The van der Waals surface area contributed by atoms with E-state index in [1.54, 1.807) is 11.8 Å². The van der Waals surface area contributed by atoms with E-state index in [0.717, 1.165) is 32.1 Å². The number of hydrogen-bond donors (Lipinski definition) is 0. The summed E-state index contributed by atoms with van der Waals surface area (Å²) in [6.07, 6.45) is 2.38. The van der Waals surface area contributed by atoms with Gasteiger partial charge in [0.05, 0.1) is 17.1 Å². The number of para-hydroxylation sites is 2. The first-order chi connectivity index (χ1) is 13.2. The van der Waals surface area contributed by atoms with Crippen molar-refractivity contribution in [2.75, 3.05) is 10.7 Å². The van der Waals surface area contributed by atoms with Gasteiger partial charge in [0.25, 0.3) is 0 Å². The number of nitrogens with zero attached hydrogens (tertiary/aromatic N) is 4. The lowest BCUT2D eigenvalue weighted by Gasteiger charge is -2.30. The first kappa shape index (κ1) is 16.9. The van der Waals surface area contributed by atoms with Gasteiger partial charge in [0.2, 0.25) is 5.91 Å². The van der Waals surface area contributed by atoms with Gasteiger partial charge in [0, 0.05) is 22.8 Å². The Hall–Kier alpha value is -2.25. The fraction of sp³-hybridized carbons (Fsp3) is 0.250. The van der Waals surface area contributed by atoms with Crippen LogP contribution in [-0.4, -0.2) is 26.4 Å². The van der Waals surface area contributed by atoms with Crippen LogP contribution in [0.15, 0.2) is 63.5 Å². The zero-order chi connectivity index (χ0) is 18.4. The SMILES string of the molecule is Cn1c(SCC(=O)N2c3ccccc3Sc3ccccc32)nnc1C1CC1. The molecule has 7 heteroatoms. The van der Waals surface area contributed by atoms with E-state index < -0.39 is 0 Å². The van der Waals surface area contributed by atoms with Crippen LogP contribution in [0.2, 0.25) is 0 Å². The van der Waals surface area contributed by atoms with Crippen LogP contribution in [0.3, 0.4) is 0 Å². The summed E-state index contributed by atoms with van der Waals surface area (Å²) in [5.41, 5.74) is 1.90. The van der Waals surface area contributed by atoms with Gasteiger partial charge < -0.3 is 4.57 Å². The van der Waals surface area contributed by atoms with E-state index in [1.807, 2.05) is 52.9 Å². The number of rotatable bonds is 4. The molecule has 0 N–H and O–H groups in total. The standard InChI is InChI=1S/C20H18N4OS2/c1-23-19(13-10-11-13)21-22-20(23)26-12-18(25)24-14-6-2-4-8-16(14)27-17-9-5-3-7-15(17)24/h2-9,13H,10-12H2,1H3. The van der Waals surface area contributed by atoms with E-state index in [0.29, 0.717) is 11.7 Å². The molecule has 1 fully saturated rings. The van der Waals surface area contributed by atoms with Crippen molar-refractivity contribution in [2.24, 2.45) is 7.05 Å². The number of carbonyl (C=O) groups excluding carboxylic acids is 1. The summed E-state index contributed by atoms with van der Waals surface area (Å²) in [5, 5.41) is 9.39. The van der Waals surface area contributed by atoms with E-state index in [9.17, 15) is 4.79 Å². The van der Waals surface area contributed by atoms with Crippen LogP contribution in [0, 0.1) is 0 Å². The van der Waals surface area contributed by atoms with Gasteiger partial charge in [0.15, 0.2) is 5.16 Å². The highest BCUT2D eigenvalue weighted by Gasteiger charge is 2.30. The fourth-order valence-corrected chi connectivity index (χ4v) is 5.14. The second-order valence-corrected chi connectivity index (χ2v) is 8.76. The van der Waals surface area contributed by atoms with Crippen molar-refractivity contribution in [3.8, 4) is 0 Å². The molecule has 0 atom stereocenters. The summed E-state index contributed by atoms with van der Waals surface area (Å²) < 4.78 is 2.03. The number of carbonyl (C=O) groups is 1. The van der Waals surface area contributed by atoms with Gasteiger partial charge in [-0.2, -0.15) is 0 Å². The van der Waals surface area contributed by atoms with E-state index in [2.05, 4.69) is 22.3 Å². The lowest BCUT2D eigenvalue weighted by Crippen LogP contribution is -2.30. The molecule has 2 aromatic carbocycles. The minimum absolute atomic E-state index is 0.0520. The highest BCUT2D eigenvalue weighted by molar-refractivity contribution is 8.00. The van der Waals surface area contributed by atoms with Crippen molar-refractivity contribution < 1.29 is 4.79 Å². The number of benzene rings is 2. The second kappa shape index (κ2) is 6.73. The molecule has 5 rings (SSSR count). The number of amides is 1. The fourth-order valence-electron chi connectivity index (χ4n) is 3.31. The molecule has 0 saturated heterocycles. The van der Waals surface area contributed by atoms with Crippen LogP contribution in [0.4, 0.5) is 11.4 Å². The molecule has 2 aliphatic rings. The Kier molecular flexibility index (Phi) is 4.21. The van der Waals surface area contributed by atoms with Crippen LogP contribution < -0.4 is 4.90 Å². The molecule has 136 valence electrons. The van der Waals surface area contributed by atoms with Crippen LogP contribution in [0.25, 0.3) is 0 Å². The molecular formula is C20H18N4OS2. The third-order valence-electron chi connectivity index (χ3n) is 4.82. The molecule has 0 spiro atoms. The minimum Gasteiger partial charge on any atom is -0.309 e. The second-order valence-electron chi connectivity index (χ2n) is 6.73. The predicted molar refractivity (Wildman–Crippen MR) is 108 cm³/mol. The van der Waals surface area contributed by atoms with Crippen molar-refractivity contribution in [1.29, 1.82) is 0 Å². The molecule has 1 aliphatic carbocycles. The molecule has 1 amide bonds. The highest BCUT2D eigenvalue weighted by atomic mass is 32.2. The van der Waals surface area contributed by atoms with Gasteiger partial charge >= 0.3 is 0 Å². The Morgan fingerprint density at radius 1 is 1.07 bits per heavy atom. The Labute approximate surface area is 166 Å². The van der Waals surface area contributed by atoms with E-state index in [4.69, 9.17) is 0 Å². The minimum atomic E-state index is 0.0520. The van der Waals surface area contributed by atoms with Crippen LogP contribution in [0.5, 0.6) is 0 Å². The topological polar surface area (TPSA) is 51.0 Å². The van der Waals surface area contributed by atoms with Crippen LogP contribution in [-0.2, 0) is 11.8 Å². The number of hydrogen-bond acceptors (Lipinski definition) is 5. The normalized spacial score (nSPS) is 15.4. The highest BCUT2D eigenvalue weighted by Crippen LogP contribution is 2.48. The van der Waals surface area contributed by atoms with Crippen molar-refractivity contribution in [3.05, 3.63) is 54.4 Å². The van der Waals surface area contributed by atoms with E-state index in [1.165, 1.54) is 24.6 Å². The van der Waals surface area contributed by atoms with Gasteiger partial charge in [-0.1, -0.05) is 47.8 Å². The van der Waals surface area contributed by atoms with E-state index >= 15 is 0 Å². The third kappa shape index (κ3) is 3.04. The van der Waals surface area contributed by atoms with Crippen molar-refractivity contribution in [3.63, 3.8) is 0 Å². The maximum Gasteiger partial charge on any atom is 0.242 e. The molecule has 0 bridgehead atoms. The van der Waals surface area contributed by atoms with Gasteiger partial charge in [-0.25, -0.2) is 0 Å². The average Bonchev–Trinajstić information content (AvgIpc) is 3.47. The zero-order valence-corrected chi connectivity index (χ0v) is 16.5. The molecule has 1 saturated carbocycles. The van der Waals surface area contributed by atoms with Crippen molar-refractivity contribution >= 4 is 40.8 Å². The lowest BCUT2D eigenvalue weighted by atomic mass is 10.2. The van der Waals surface area contributed by atoms with Gasteiger partial charge in [-0.3, -0.25) is 9.69 Å². The molecule has 2 heterocycles. The predicted octanol–water partition coefficient (Wildman–Crippen LogP) is 4.61. The largest absolute Gasteiger partial charge is 0.309 e. The molecule has 5 nitrogen and oxygen atoms in total. The monoisotopic (exact) mass is 394 g/mol. The average molecular weight is 395 g/mol. The molecule has 27 heavy (non-hydrogen) atoms. The summed E-state index contributed by atoms with van der Waals surface area (Å²) >= 11 is 3.16. The third-order valence-corrected chi connectivity index (χ3v) is 6.95. The summed E-state index contributed by atoms with van der Waals surface area (Å²) in [4.78, 5) is 17.2. The lowest BCUT2D eigenvalue weighted by molar-refractivity contribution is -0.115. The Morgan fingerprint density at radius 2 is 1.70 bits per heavy atom. The zero-order valence-electron chi connectivity index (χ0n) is 14.8. The molecule has 1 aromatic heterocycles. The smallest absolute Gasteiger partial charge is 0.242 e. The number of anilines is 2. The van der Waals surface area contributed by atoms with Crippen LogP contribution >= 0.6 is 23.5 Å². The van der Waals surface area contributed by atoms with E-state index in [-0.39, 0.29) is 5.91 Å². The first-order valence-electron chi connectivity index (χ1n) is 8.93. The van der Waals surface area contributed by atoms with Crippen LogP contribution in [0.1, 0.15) is 24.6 Å². The molecule has 0 radical (unpaired) electrons. The Balaban J connectivity index is 1.41. The Bertz CT molecular complexity index is 983. The number of aromatic nitrogens is 3. The van der Waals surface area contributed by atoms with Gasteiger partial charge in [-0.05, 0) is 37.1 Å². The Morgan fingerprint density at radius 3 is 2.33 bits per heavy atom. The summed E-state index contributed by atoms with van der Waals surface area (Å²) in [6.45, 7) is 0. The summed E-state index contributed by atoms with van der Waals surface area (Å²) in [6, 6.07) is 16.1. The molecular weight excluding hydrogens is 376 g/mol. The van der Waals surface area contributed by atoms with Gasteiger partial charge in [-0.15, -0.1) is 10.2 Å². The maximum atomic E-state index is 13.2. The quantitative estimate of drug-likeness (QED) is 0.605.